The van der Waals surface area contributed by atoms with Crippen molar-refractivity contribution in [3.05, 3.63) is 59.8 Å². The van der Waals surface area contributed by atoms with Crippen molar-refractivity contribution in [2.24, 2.45) is 0 Å². The maximum atomic E-state index is 13.1. The van der Waals surface area contributed by atoms with Gasteiger partial charge in [0.15, 0.2) is 5.78 Å². The first-order valence-corrected chi connectivity index (χ1v) is 10.6. The van der Waals surface area contributed by atoms with Gasteiger partial charge in [0.25, 0.3) is 0 Å². The summed E-state index contributed by atoms with van der Waals surface area (Å²) in [6.45, 7) is 2.52. The number of fused-ring (bicyclic) bond motifs is 1. The van der Waals surface area contributed by atoms with Crippen molar-refractivity contribution in [3.63, 3.8) is 0 Å². The van der Waals surface area contributed by atoms with Crippen LogP contribution >= 0.6 is 11.8 Å². The molecule has 0 aliphatic carbocycles. The molecule has 8 nitrogen and oxygen atoms in total. The van der Waals surface area contributed by atoms with E-state index in [0.29, 0.717) is 29.4 Å². The van der Waals surface area contributed by atoms with E-state index in [4.69, 9.17) is 10.00 Å². The molecule has 0 radical (unpaired) electrons. The first-order chi connectivity index (χ1) is 15.1. The summed E-state index contributed by atoms with van der Waals surface area (Å²) in [4.78, 5) is 13.1. The van der Waals surface area contributed by atoms with Crippen LogP contribution in [0.3, 0.4) is 0 Å². The highest BCUT2D eigenvalue weighted by molar-refractivity contribution is 7.99. The van der Waals surface area contributed by atoms with Crippen LogP contribution in [0.4, 0.5) is 0 Å². The Morgan fingerprint density at radius 3 is 2.90 bits per heavy atom. The van der Waals surface area contributed by atoms with E-state index in [0.717, 1.165) is 22.2 Å². The van der Waals surface area contributed by atoms with E-state index >= 15 is 0 Å². The first kappa shape index (κ1) is 20.6. The minimum Gasteiger partial charge on any atom is -0.494 e. The highest BCUT2D eigenvalue weighted by Crippen LogP contribution is 2.28. The van der Waals surface area contributed by atoms with Gasteiger partial charge in [0.05, 0.1) is 25.4 Å². The van der Waals surface area contributed by atoms with Gasteiger partial charge in [-0.1, -0.05) is 36.0 Å². The SMILES string of the molecule is COc1ccc(C)cc1-n1nnnc1SCC(=O)c1cn(CCC#N)c2ccccc12. The Bertz CT molecular complexity index is 1290. The number of ketones is 1. The molecule has 0 aliphatic heterocycles. The van der Waals surface area contributed by atoms with Crippen molar-refractivity contribution in [2.75, 3.05) is 12.9 Å². The van der Waals surface area contributed by atoms with Crippen LogP contribution in [-0.4, -0.2) is 43.4 Å². The number of aromatic nitrogens is 5. The fraction of sp³-hybridized carbons (Fsp3) is 0.227. The Morgan fingerprint density at radius 1 is 1.26 bits per heavy atom. The maximum Gasteiger partial charge on any atom is 0.214 e. The third-order valence-corrected chi connectivity index (χ3v) is 5.81. The highest BCUT2D eigenvalue weighted by atomic mass is 32.2. The largest absolute Gasteiger partial charge is 0.494 e. The third kappa shape index (κ3) is 4.15. The quantitative estimate of drug-likeness (QED) is 0.308. The number of thioether (sulfide) groups is 1. The van der Waals surface area contributed by atoms with Crippen LogP contribution in [0.5, 0.6) is 5.75 Å². The number of methoxy groups -OCH3 is 1. The van der Waals surface area contributed by atoms with Crippen LogP contribution < -0.4 is 4.74 Å². The highest BCUT2D eigenvalue weighted by Gasteiger charge is 2.18. The lowest BCUT2D eigenvalue weighted by Crippen LogP contribution is -2.06. The molecule has 2 heterocycles. The van der Waals surface area contributed by atoms with Gasteiger partial charge in [-0.3, -0.25) is 4.79 Å². The molecule has 0 spiro atoms. The van der Waals surface area contributed by atoms with Crippen molar-refractivity contribution in [1.29, 1.82) is 5.26 Å². The van der Waals surface area contributed by atoms with Gasteiger partial charge < -0.3 is 9.30 Å². The van der Waals surface area contributed by atoms with Crippen molar-refractivity contribution in [2.45, 2.75) is 25.0 Å². The van der Waals surface area contributed by atoms with Gasteiger partial charge in [0.2, 0.25) is 5.16 Å². The molecule has 0 atom stereocenters. The number of aryl methyl sites for hydroxylation is 2. The van der Waals surface area contributed by atoms with E-state index in [-0.39, 0.29) is 11.5 Å². The van der Waals surface area contributed by atoms with Crippen LogP contribution in [0.15, 0.2) is 53.8 Å². The fourth-order valence-electron chi connectivity index (χ4n) is 3.42. The molecule has 9 heteroatoms. The Morgan fingerprint density at radius 2 is 2.10 bits per heavy atom. The van der Waals surface area contributed by atoms with Gasteiger partial charge in [0.1, 0.15) is 11.4 Å². The molecule has 0 fully saturated rings. The lowest BCUT2D eigenvalue weighted by molar-refractivity contribution is 0.102. The second-order valence-corrected chi connectivity index (χ2v) is 7.86. The molecule has 4 aromatic rings. The Labute approximate surface area is 183 Å². The number of carbonyl (C=O) groups is 1. The average Bonchev–Trinajstić information content (AvgIpc) is 3.41. The number of hydrogen-bond donors (Lipinski definition) is 0. The predicted molar refractivity (Wildman–Crippen MR) is 118 cm³/mol. The first-order valence-electron chi connectivity index (χ1n) is 9.66. The lowest BCUT2D eigenvalue weighted by atomic mass is 10.1. The molecule has 2 aromatic heterocycles. The normalized spacial score (nSPS) is 10.9. The summed E-state index contributed by atoms with van der Waals surface area (Å²) < 4.78 is 8.98. The molecular formula is C22H20N6O2S. The Hall–Kier alpha value is -3.64. The molecule has 0 saturated heterocycles. The van der Waals surface area contributed by atoms with Crippen molar-refractivity contribution < 1.29 is 9.53 Å². The molecular weight excluding hydrogens is 412 g/mol. The van der Waals surface area contributed by atoms with Crippen LogP contribution in [0, 0.1) is 18.3 Å². The Kier molecular flexibility index (Phi) is 6.00. The number of nitriles is 1. The number of ether oxygens (including phenoxy) is 1. The number of nitrogens with zero attached hydrogens (tertiary/aromatic N) is 6. The summed E-state index contributed by atoms with van der Waals surface area (Å²) >= 11 is 1.27. The second kappa shape index (κ2) is 9.02. The van der Waals surface area contributed by atoms with Gasteiger partial charge >= 0.3 is 0 Å². The zero-order valence-electron chi connectivity index (χ0n) is 17.1. The van der Waals surface area contributed by atoms with E-state index in [1.54, 1.807) is 11.8 Å². The predicted octanol–water partition coefficient (Wildman–Crippen LogP) is 3.82. The summed E-state index contributed by atoms with van der Waals surface area (Å²) in [5.41, 5.74) is 3.34. The van der Waals surface area contributed by atoms with E-state index < -0.39 is 0 Å². The molecule has 0 N–H and O–H groups in total. The molecule has 0 amide bonds. The molecule has 2 aromatic carbocycles. The summed E-state index contributed by atoms with van der Waals surface area (Å²) in [5.74, 6) is 0.801. The number of benzene rings is 2. The number of Topliss-reactive ketones (excluding diaryl/α,β-unsaturated/α-hetero) is 1. The van der Waals surface area contributed by atoms with Crippen molar-refractivity contribution in [3.8, 4) is 17.5 Å². The minimum absolute atomic E-state index is 0.0253. The average molecular weight is 433 g/mol. The summed E-state index contributed by atoms with van der Waals surface area (Å²) in [6.07, 6.45) is 2.21. The Balaban J connectivity index is 1.58. The zero-order chi connectivity index (χ0) is 21.8. The molecule has 0 aliphatic rings. The number of carbonyl (C=O) groups excluding carboxylic acids is 1. The number of hydrogen-bond acceptors (Lipinski definition) is 7. The molecule has 31 heavy (non-hydrogen) atoms. The molecule has 0 saturated carbocycles. The van der Waals surface area contributed by atoms with Crippen LogP contribution in [0.25, 0.3) is 16.6 Å². The van der Waals surface area contributed by atoms with Crippen molar-refractivity contribution >= 4 is 28.4 Å². The summed E-state index contributed by atoms with van der Waals surface area (Å²) in [6, 6.07) is 15.6. The fourth-order valence-corrected chi connectivity index (χ4v) is 4.19. The maximum absolute atomic E-state index is 13.1. The standard InChI is InChI=1S/C22H20N6O2S/c1-15-8-9-21(30-2)19(12-15)28-22(24-25-26-28)31-14-20(29)17-13-27(11-5-10-23)18-7-4-3-6-16(17)18/h3-4,6-9,12-13H,5,11,14H2,1-2H3. The zero-order valence-corrected chi connectivity index (χ0v) is 18.0. The van der Waals surface area contributed by atoms with Gasteiger partial charge in [0, 0.05) is 29.2 Å². The van der Waals surface area contributed by atoms with Gasteiger partial charge in [-0.2, -0.15) is 9.94 Å². The monoisotopic (exact) mass is 432 g/mol. The van der Waals surface area contributed by atoms with Crippen LogP contribution in [0.1, 0.15) is 22.3 Å². The van der Waals surface area contributed by atoms with E-state index in [2.05, 4.69) is 21.6 Å². The molecule has 4 rings (SSSR count). The topological polar surface area (TPSA) is 98.6 Å². The number of tetrazole rings is 1. The smallest absolute Gasteiger partial charge is 0.214 e. The second-order valence-electron chi connectivity index (χ2n) is 6.92. The van der Waals surface area contributed by atoms with Crippen molar-refractivity contribution in [1.82, 2.24) is 24.8 Å². The molecule has 0 bridgehead atoms. The number of rotatable bonds is 8. The third-order valence-electron chi connectivity index (χ3n) is 4.89. The van der Waals surface area contributed by atoms with E-state index in [1.807, 2.05) is 60.2 Å². The summed E-state index contributed by atoms with van der Waals surface area (Å²) in [5, 5.41) is 22.3. The summed E-state index contributed by atoms with van der Waals surface area (Å²) in [7, 11) is 1.59. The van der Waals surface area contributed by atoms with Crippen LogP contribution in [0.2, 0.25) is 0 Å². The lowest BCUT2D eigenvalue weighted by Gasteiger charge is -2.10. The van der Waals surface area contributed by atoms with Gasteiger partial charge in [-0.25, -0.2) is 0 Å². The van der Waals surface area contributed by atoms with Gasteiger partial charge in [-0.05, 0) is 41.1 Å². The molecule has 0 unspecified atom stereocenters. The van der Waals surface area contributed by atoms with Crippen LogP contribution in [-0.2, 0) is 6.54 Å². The number of para-hydroxylation sites is 1. The van der Waals surface area contributed by atoms with E-state index in [9.17, 15) is 4.79 Å². The van der Waals surface area contributed by atoms with Gasteiger partial charge in [-0.15, -0.1) is 5.10 Å². The molecule has 156 valence electrons. The minimum atomic E-state index is -0.0253. The van der Waals surface area contributed by atoms with E-state index in [1.165, 1.54) is 11.8 Å².